The fourth-order valence-electron chi connectivity index (χ4n) is 2.36. The van der Waals surface area contributed by atoms with Crippen LogP contribution in [-0.4, -0.2) is 35.3 Å². The normalized spacial score (nSPS) is 10.8. The topological polar surface area (TPSA) is 73.2 Å². The molecule has 2 aromatic heterocycles. The van der Waals surface area contributed by atoms with Crippen LogP contribution >= 0.6 is 22.9 Å². The summed E-state index contributed by atoms with van der Waals surface area (Å²) in [5.41, 5.74) is 1.90. The van der Waals surface area contributed by atoms with Gasteiger partial charge in [0.1, 0.15) is 9.71 Å². The van der Waals surface area contributed by atoms with Crippen molar-refractivity contribution in [3.05, 3.63) is 51.5 Å². The lowest BCUT2D eigenvalue weighted by Gasteiger charge is -2.03. The molecule has 0 radical (unpaired) electrons. The number of hydrogen-bond acceptors (Lipinski definition) is 5. The maximum Gasteiger partial charge on any atom is 0.348 e. The smallest absolute Gasteiger partial charge is 0.348 e. The summed E-state index contributed by atoms with van der Waals surface area (Å²) in [4.78, 5) is 24.6. The van der Waals surface area contributed by atoms with Crippen molar-refractivity contribution < 1.29 is 14.3 Å². The third-order valence-electron chi connectivity index (χ3n) is 3.67. The number of carbonyl (C=O) groups is 2. The van der Waals surface area contributed by atoms with E-state index in [9.17, 15) is 9.59 Å². The Morgan fingerprint density at radius 3 is 2.72 bits per heavy atom. The Bertz CT molecular complexity index is 931. The van der Waals surface area contributed by atoms with Gasteiger partial charge in [0.05, 0.1) is 12.2 Å². The maximum absolute atomic E-state index is 12.1. The fourth-order valence-corrected chi connectivity index (χ4v) is 3.54. The standard InChI is InChI=1S/C17H16ClN3O3S/c1-10-13-7-14(17(23)24-9-15(22)19-2)25-16(13)21(20-10)8-11-3-5-12(18)6-4-11/h3-7H,8-9H2,1-2H3,(H,19,22). The van der Waals surface area contributed by atoms with Crippen molar-refractivity contribution in [3.63, 3.8) is 0 Å². The van der Waals surface area contributed by atoms with Crippen molar-refractivity contribution in [3.8, 4) is 0 Å². The summed E-state index contributed by atoms with van der Waals surface area (Å²) in [5, 5.41) is 8.53. The van der Waals surface area contributed by atoms with Gasteiger partial charge in [0, 0.05) is 17.5 Å². The molecule has 130 valence electrons. The van der Waals surface area contributed by atoms with Gasteiger partial charge in [-0.05, 0) is 30.7 Å². The van der Waals surface area contributed by atoms with E-state index >= 15 is 0 Å². The third kappa shape index (κ3) is 3.83. The first-order valence-corrected chi connectivity index (χ1v) is 8.76. The molecule has 0 atom stereocenters. The largest absolute Gasteiger partial charge is 0.451 e. The first-order valence-electron chi connectivity index (χ1n) is 7.57. The molecule has 3 aromatic rings. The highest BCUT2D eigenvalue weighted by Gasteiger charge is 2.18. The van der Waals surface area contributed by atoms with Gasteiger partial charge in [-0.25, -0.2) is 4.79 Å². The number of esters is 1. The van der Waals surface area contributed by atoms with Gasteiger partial charge in [0.25, 0.3) is 5.91 Å². The number of nitrogens with zero attached hydrogens (tertiary/aromatic N) is 2. The Morgan fingerprint density at radius 2 is 2.04 bits per heavy atom. The highest BCUT2D eigenvalue weighted by molar-refractivity contribution is 7.20. The number of aromatic nitrogens is 2. The molecule has 2 heterocycles. The Balaban J connectivity index is 1.84. The molecule has 0 spiro atoms. The molecular weight excluding hydrogens is 362 g/mol. The Labute approximate surface area is 153 Å². The molecule has 25 heavy (non-hydrogen) atoms. The van der Waals surface area contributed by atoms with Gasteiger partial charge in [-0.2, -0.15) is 5.10 Å². The quantitative estimate of drug-likeness (QED) is 0.694. The predicted molar refractivity (Wildman–Crippen MR) is 97.3 cm³/mol. The first-order chi connectivity index (χ1) is 12.0. The van der Waals surface area contributed by atoms with E-state index in [0.29, 0.717) is 16.4 Å². The number of amides is 1. The van der Waals surface area contributed by atoms with E-state index in [0.717, 1.165) is 21.5 Å². The van der Waals surface area contributed by atoms with Gasteiger partial charge in [-0.15, -0.1) is 11.3 Å². The molecule has 0 unspecified atom stereocenters. The molecule has 0 aliphatic carbocycles. The van der Waals surface area contributed by atoms with Crippen LogP contribution in [0.3, 0.4) is 0 Å². The molecule has 3 rings (SSSR count). The monoisotopic (exact) mass is 377 g/mol. The molecule has 6 nitrogen and oxygen atoms in total. The molecular formula is C17H16ClN3O3S. The summed E-state index contributed by atoms with van der Waals surface area (Å²) >= 11 is 7.22. The highest BCUT2D eigenvalue weighted by Crippen LogP contribution is 2.29. The fraction of sp³-hybridized carbons (Fsp3) is 0.235. The summed E-state index contributed by atoms with van der Waals surface area (Å²) in [7, 11) is 1.49. The molecule has 0 saturated heterocycles. The number of rotatable bonds is 5. The highest BCUT2D eigenvalue weighted by atomic mass is 35.5. The number of halogens is 1. The van der Waals surface area contributed by atoms with Gasteiger partial charge >= 0.3 is 5.97 Å². The molecule has 1 aromatic carbocycles. The number of hydrogen-bond donors (Lipinski definition) is 1. The molecule has 8 heteroatoms. The van der Waals surface area contributed by atoms with Crippen LogP contribution in [0.15, 0.2) is 30.3 Å². The van der Waals surface area contributed by atoms with E-state index in [4.69, 9.17) is 16.3 Å². The van der Waals surface area contributed by atoms with E-state index < -0.39 is 5.97 Å². The van der Waals surface area contributed by atoms with Crippen LogP contribution in [0.2, 0.25) is 5.02 Å². The second-order valence-corrected chi connectivity index (χ2v) is 6.92. The van der Waals surface area contributed by atoms with Crippen molar-refractivity contribution >= 4 is 45.0 Å². The van der Waals surface area contributed by atoms with Crippen LogP contribution < -0.4 is 5.32 Å². The second-order valence-electron chi connectivity index (χ2n) is 5.45. The zero-order chi connectivity index (χ0) is 18.0. The van der Waals surface area contributed by atoms with Gasteiger partial charge in [0.15, 0.2) is 6.61 Å². The van der Waals surface area contributed by atoms with Crippen molar-refractivity contribution in [1.29, 1.82) is 0 Å². The summed E-state index contributed by atoms with van der Waals surface area (Å²) < 4.78 is 6.86. The molecule has 0 saturated carbocycles. The number of thiophene rings is 1. The first kappa shape index (κ1) is 17.4. The van der Waals surface area contributed by atoms with Crippen LogP contribution in [0.5, 0.6) is 0 Å². The van der Waals surface area contributed by atoms with Crippen molar-refractivity contribution in [2.75, 3.05) is 13.7 Å². The minimum atomic E-state index is -0.512. The van der Waals surface area contributed by atoms with E-state index in [1.807, 2.05) is 35.9 Å². The SMILES string of the molecule is CNC(=O)COC(=O)c1cc2c(C)nn(Cc3ccc(Cl)cc3)c2s1. The van der Waals surface area contributed by atoms with E-state index in [2.05, 4.69) is 10.4 Å². The number of ether oxygens (including phenoxy) is 1. The second kappa shape index (κ2) is 7.25. The zero-order valence-electron chi connectivity index (χ0n) is 13.7. The number of benzene rings is 1. The summed E-state index contributed by atoms with van der Waals surface area (Å²) in [5.74, 6) is -0.859. The van der Waals surface area contributed by atoms with Crippen LogP contribution in [0.4, 0.5) is 0 Å². The van der Waals surface area contributed by atoms with Crippen LogP contribution in [0.1, 0.15) is 20.9 Å². The molecule has 0 bridgehead atoms. The van der Waals surface area contributed by atoms with Crippen LogP contribution in [0, 0.1) is 6.92 Å². The number of fused-ring (bicyclic) bond motifs is 1. The average Bonchev–Trinajstić information content (AvgIpc) is 3.16. The van der Waals surface area contributed by atoms with E-state index in [-0.39, 0.29) is 12.5 Å². The Morgan fingerprint density at radius 1 is 1.32 bits per heavy atom. The average molecular weight is 378 g/mol. The van der Waals surface area contributed by atoms with Gasteiger partial charge in [-0.3, -0.25) is 9.48 Å². The molecule has 1 amide bonds. The van der Waals surface area contributed by atoms with E-state index in [1.54, 1.807) is 6.07 Å². The lowest BCUT2D eigenvalue weighted by molar-refractivity contribution is -0.123. The molecule has 1 N–H and O–H groups in total. The minimum absolute atomic E-state index is 0.292. The van der Waals surface area contributed by atoms with Gasteiger partial charge in [-0.1, -0.05) is 23.7 Å². The molecule has 0 fully saturated rings. The number of nitrogens with one attached hydrogen (secondary N) is 1. The lowest BCUT2D eigenvalue weighted by Crippen LogP contribution is -2.24. The number of aryl methyl sites for hydroxylation is 1. The summed E-state index contributed by atoms with van der Waals surface area (Å²) in [6.45, 7) is 2.18. The van der Waals surface area contributed by atoms with Crippen molar-refractivity contribution in [1.82, 2.24) is 15.1 Å². The molecule has 0 aliphatic rings. The van der Waals surface area contributed by atoms with Crippen molar-refractivity contribution in [2.45, 2.75) is 13.5 Å². The maximum atomic E-state index is 12.1. The van der Waals surface area contributed by atoms with Crippen LogP contribution in [0.25, 0.3) is 10.2 Å². The van der Waals surface area contributed by atoms with Crippen molar-refractivity contribution in [2.24, 2.45) is 0 Å². The number of likely N-dealkylation sites (N-methyl/N-ethyl adjacent to an activating group) is 1. The Hall–Kier alpha value is -2.38. The predicted octanol–water partition coefficient (Wildman–Crippen LogP) is 3.01. The summed E-state index contributed by atoms with van der Waals surface area (Å²) in [6, 6.07) is 9.31. The van der Waals surface area contributed by atoms with Gasteiger partial charge in [0.2, 0.25) is 0 Å². The van der Waals surface area contributed by atoms with Gasteiger partial charge < -0.3 is 10.1 Å². The van der Waals surface area contributed by atoms with E-state index in [1.165, 1.54) is 18.4 Å². The number of carbonyl (C=O) groups excluding carboxylic acids is 2. The zero-order valence-corrected chi connectivity index (χ0v) is 15.3. The van der Waals surface area contributed by atoms with Crippen LogP contribution in [-0.2, 0) is 16.1 Å². The lowest BCUT2D eigenvalue weighted by atomic mass is 10.2. The Kier molecular flexibility index (Phi) is 5.06. The minimum Gasteiger partial charge on any atom is -0.451 e. The summed E-state index contributed by atoms with van der Waals surface area (Å²) in [6.07, 6.45) is 0. The molecule has 0 aliphatic heterocycles. The third-order valence-corrected chi connectivity index (χ3v) is 5.05.